The van der Waals surface area contributed by atoms with Crippen molar-refractivity contribution in [3.63, 3.8) is 0 Å². The van der Waals surface area contributed by atoms with Gasteiger partial charge in [-0.2, -0.15) is 0 Å². The largest absolute Gasteiger partial charge is 0.494 e. The number of carbonyl (C=O) groups is 2. The summed E-state index contributed by atoms with van der Waals surface area (Å²) >= 11 is 4.98. The Hall–Kier alpha value is -3.13. The van der Waals surface area contributed by atoms with Crippen molar-refractivity contribution in [2.24, 2.45) is 0 Å². The van der Waals surface area contributed by atoms with Crippen LogP contribution in [-0.2, 0) is 4.79 Å². The van der Waals surface area contributed by atoms with Crippen LogP contribution in [0.1, 0.15) is 22.8 Å². The average molecular weight is 387 g/mol. The molecule has 2 aromatic rings. The summed E-state index contributed by atoms with van der Waals surface area (Å²) < 4.78 is 10.7. The summed E-state index contributed by atoms with van der Waals surface area (Å²) in [6.45, 7) is 4.20. The molecule has 2 aromatic carbocycles. The van der Waals surface area contributed by atoms with Crippen LogP contribution in [0.15, 0.2) is 48.5 Å². The number of rotatable bonds is 6. The third kappa shape index (κ3) is 6.95. The third-order valence-electron chi connectivity index (χ3n) is 3.36. The van der Waals surface area contributed by atoms with Gasteiger partial charge in [-0.25, -0.2) is 0 Å². The quantitative estimate of drug-likeness (QED) is 0.520. The van der Waals surface area contributed by atoms with Gasteiger partial charge >= 0.3 is 0 Å². The zero-order valence-electron chi connectivity index (χ0n) is 15.1. The SMILES string of the molecule is CCOc1ccc(C(=O)NC(=S)NNC(=O)COc2ccc(C)cc2)cc1. The van der Waals surface area contributed by atoms with Crippen LogP contribution in [0.25, 0.3) is 0 Å². The van der Waals surface area contributed by atoms with Gasteiger partial charge < -0.3 is 9.47 Å². The standard InChI is InChI=1S/C19H21N3O4S/c1-3-25-15-10-6-14(7-11-15)18(24)20-19(27)22-21-17(23)12-26-16-8-4-13(2)5-9-16/h4-11H,3,12H2,1-2H3,(H,21,23)(H2,20,22,24,27). The zero-order chi connectivity index (χ0) is 19.6. The van der Waals surface area contributed by atoms with E-state index in [2.05, 4.69) is 16.2 Å². The van der Waals surface area contributed by atoms with Gasteiger partial charge in [-0.1, -0.05) is 17.7 Å². The Morgan fingerprint density at radius 2 is 1.52 bits per heavy atom. The van der Waals surface area contributed by atoms with Crippen molar-refractivity contribution >= 4 is 29.1 Å². The lowest BCUT2D eigenvalue weighted by Crippen LogP contribution is -2.49. The molecule has 0 radical (unpaired) electrons. The summed E-state index contributed by atoms with van der Waals surface area (Å²) in [5.74, 6) is 0.423. The minimum absolute atomic E-state index is 0.0300. The lowest BCUT2D eigenvalue weighted by molar-refractivity contribution is -0.123. The first-order valence-electron chi connectivity index (χ1n) is 8.30. The predicted octanol–water partition coefficient (Wildman–Crippen LogP) is 2.11. The molecule has 0 unspecified atom stereocenters. The number of hydrazine groups is 1. The molecule has 0 aliphatic heterocycles. The zero-order valence-corrected chi connectivity index (χ0v) is 15.9. The number of carbonyl (C=O) groups excluding carboxylic acids is 2. The van der Waals surface area contributed by atoms with Gasteiger partial charge in [0.2, 0.25) is 0 Å². The number of hydrogen-bond donors (Lipinski definition) is 3. The highest BCUT2D eigenvalue weighted by Gasteiger charge is 2.09. The van der Waals surface area contributed by atoms with E-state index in [-0.39, 0.29) is 11.7 Å². The molecule has 0 aromatic heterocycles. The van der Waals surface area contributed by atoms with Crippen molar-refractivity contribution in [3.8, 4) is 11.5 Å². The highest BCUT2D eigenvalue weighted by Crippen LogP contribution is 2.12. The van der Waals surface area contributed by atoms with Gasteiger partial charge in [-0.15, -0.1) is 0 Å². The van der Waals surface area contributed by atoms with E-state index >= 15 is 0 Å². The first-order chi connectivity index (χ1) is 13.0. The number of nitrogens with one attached hydrogen (secondary N) is 3. The molecule has 7 nitrogen and oxygen atoms in total. The molecule has 0 atom stereocenters. The summed E-state index contributed by atoms with van der Waals surface area (Å²) in [4.78, 5) is 23.8. The van der Waals surface area contributed by atoms with Gasteiger partial charge in [0.1, 0.15) is 11.5 Å². The Morgan fingerprint density at radius 3 is 2.15 bits per heavy atom. The molecule has 142 valence electrons. The Kier molecular flexibility index (Phi) is 7.57. The van der Waals surface area contributed by atoms with Crippen LogP contribution >= 0.6 is 12.2 Å². The van der Waals surface area contributed by atoms with Crippen molar-refractivity contribution in [1.82, 2.24) is 16.2 Å². The molecule has 0 saturated carbocycles. The highest BCUT2D eigenvalue weighted by atomic mass is 32.1. The average Bonchev–Trinajstić information content (AvgIpc) is 2.66. The van der Waals surface area contributed by atoms with Gasteiger partial charge in [0.15, 0.2) is 11.7 Å². The van der Waals surface area contributed by atoms with Crippen molar-refractivity contribution < 1.29 is 19.1 Å². The van der Waals surface area contributed by atoms with Crippen molar-refractivity contribution in [2.45, 2.75) is 13.8 Å². The van der Waals surface area contributed by atoms with Crippen LogP contribution in [-0.4, -0.2) is 30.1 Å². The van der Waals surface area contributed by atoms with E-state index in [4.69, 9.17) is 21.7 Å². The first kappa shape index (κ1) is 20.2. The van der Waals surface area contributed by atoms with E-state index in [1.165, 1.54) is 0 Å². The summed E-state index contributed by atoms with van der Waals surface area (Å²) in [5.41, 5.74) is 6.33. The maximum Gasteiger partial charge on any atom is 0.276 e. The minimum Gasteiger partial charge on any atom is -0.494 e. The van der Waals surface area contributed by atoms with Crippen LogP contribution in [0.4, 0.5) is 0 Å². The molecule has 0 aliphatic carbocycles. The molecule has 0 heterocycles. The number of benzene rings is 2. The summed E-state index contributed by atoms with van der Waals surface area (Å²) in [5, 5.41) is 2.44. The number of hydrogen-bond acceptors (Lipinski definition) is 5. The molecule has 2 rings (SSSR count). The van der Waals surface area contributed by atoms with Crippen LogP contribution in [0.5, 0.6) is 11.5 Å². The normalized spacial score (nSPS) is 9.85. The second-order valence-electron chi connectivity index (χ2n) is 5.52. The molecule has 8 heteroatoms. The van der Waals surface area contributed by atoms with Gasteiger partial charge in [-0.05, 0) is 62.5 Å². The molecule has 27 heavy (non-hydrogen) atoms. The Bertz CT molecular complexity index is 792. The molecule has 0 spiro atoms. The van der Waals surface area contributed by atoms with Gasteiger partial charge in [0.05, 0.1) is 6.61 Å². The third-order valence-corrected chi connectivity index (χ3v) is 3.57. The molecule has 0 bridgehead atoms. The fourth-order valence-corrected chi connectivity index (χ4v) is 2.17. The Labute approximate surface area is 163 Å². The highest BCUT2D eigenvalue weighted by molar-refractivity contribution is 7.80. The van der Waals surface area contributed by atoms with Gasteiger partial charge in [0.25, 0.3) is 11.8 Å². The van der Waals surface area contributed by atoms with Crippen molar-refractivity contribution in [2.75, 3.05) is 13.2 Å². The van der Waals surface area contributed by atoms with E-state index in [1.54, 1.807) is 36.4 Å². The van der Waals surface area contributed by atoms with Crippen LogP contribution in [0.2, 0.25) is 0 Å². The number of thiocarbonyl (C=S) groups is 1. The monoisotopic (exact) mass is 387 g/mol. The Balaban J connectivity index is 1.72. The molecular weight excluding hydrogens is 366 g/mol. The Morgan fingerprint density at radius 1 is 0.926 bits per heavy atom. The van der Waals surface area contributed by atoms with Gasteiger partial charge in [0, 0.05) is 5.56 Å². The second-order valence-corrected chi connectivity index (χ2v) is 5.92. The molecule has 3 N–H and O–H groups in total. The van der Waals surface area contributed by atoms with E-state index in [0.29, 0.717) is 23.7 Å². The van der Waals surface area contributed by atoms with Gasteiger partial charge in [-0.3, -0.25) is 25.8 Å². The summed E-state index contributed by atoms with van der Waals surface area (Å²) in [6, 6.07) is 14.0. The number of amides is 2. The smallest absolute Gasteiger partial charge is 0.276 e. The topological polar surface area (TPSA) is 88.7 Å². The fraction of sp³-hybridized carbons (Fsp3) is 0.211. The van der Waals surface area contributed by atoms with E-state index in [1.807, 2.05) is 26.0 Å². The fourth-order valence-electron chi connectivity index (χ4n) is 2.02. The summed E-state index contributed by atoms with van der Waals surface area (Å²) in [7, 11) is 0. The van der Waals surface area contributed by atoms with Crippen molar-refractivity contribution in [1.29, 1.82) is 0 Å². The lowest BCUT2D eigenvalue weighted by atomic mass is 10.2. The van der Waals surface area contributed by atoms with E-state index in [0.717, 1.165) is 5.56 Å². The molecular formula is C19H21N3O4S. The second kappa shape index (κ2) is 10.1. The lowest BCUT2D eigenvalue weighted by Gasteiger charge is -2.11. The molecule has 0 aliphatic rings. The number of aryl methyl sites for hydroxylation is 1. The maximum absolute atomic E-state index is 12.1. The summed E-state index contributed by atoms with van der Waals surface area (Å²) in [6.07, 6.45) is 0. The van der Waals surface area contributed by atoms with Crippen LogP contribution < -0.4 is 25.6 Å². The number of ether oxygens (including phenoxy) is 2. The maximum atomic E-state index is 12.1. The predicted molar refractivity (Wildman–Crippen MR) is 106 cm³/mol. The molecule has 2 amide bonds. The van der Waals surface area contributed by atoms with Crippen molar-refractivity contribution in [3.05, 3.63) is 59.7 Å². The molecule has 0 fully saturated rings. The molecule has 0 saturated heterocycles. The van der Waals surface area contributed by atoms with Crippen LogP contribution in [0, 0.1) is 6.92 Å². The van der Waals surface area contributed by atoms with E-state index in [9.17, 15) is 9.59 Å². The van der Waals surface area contributed by atoms with E-state index < -0.39 is 11.8 Å². The first-order valence-corrected chi connectivity index (χ1v) is 8.71. The minimum atomic E-state index is -0.437. The van der Waals surface area contributed by atoms with Crippen LogP contribution in [0.3, 0.4) is 0 Å².